The molecule has 0 atom stereocenters. The zero-order valence-electron chi connectivity index (χ0n) is 14.7. The maximum absolute atomic E-state index is 11.7. The fraction of sp³-hybridized carbons (Fsp3) is 0.737. The highest BCUT2D eigenvalue weighted by molar-refractivity contribution is 5.91. The van der Waals surface area contributed by atoms with E-state index in [0.717, 1.165) is 13.0 Å². The predicted molar refractivity (Wildman–Crippen MR) is 95.4 cm³/mol. The van der Waals surface area contributed by atoms with Gasteiger partial charge in [-0.1, -0.05) is 77.6 Å². The summed E-state index contributed by atoms with van der Waals surface area (Å²) >= 11 is 0. The van der Waals surface area contributed by atoms with Crippen LogP contribution in [-0.4, -0.2) is 22.4 Å². The molecule has 4 heteroatoms. The van der Waals surface area contributed by atoms with E-state index in [2.05, 4.69) is 22.2 Å². The van der Waals surface area contributed by atoms with E-state index in [1.807, 2.05) is 0 Å². The van der Waals surface area contributed by atoms with Gasteiger partial charge in [0.05, 0.1) is 6.20 Å². The van der Waals surface area contributed by atoms with Crippen LogP contribution in [0.15, 0.2) is 18.6 Å². The largest absolute Gasteiger partial charge is 0.351 e. The molecule has 1 rings (SSSR count). The van der Waals surface area contributed by atoms with Crippen molar-refractivity contribution in [3.63, 3.8) is 0 Å². The number of hydrogen-bond donors (Lipinski definition) is 1. The van der Waals surface area contributed by atoms with Crippen LogP contribution >= 0.6 is 0 Å². The van der Waals surface area contributed by atoms with Crippen molar-refractivity contribution in [2.45, 2.75) is 84.0 Å². The number of carbonyl (C=O) groups is 1. The number of rotatable bonds is 14. The molecule has 23 heavy (non-hydrogen) atoms. The summed E-state index contributed by atoms with van der Waals surface area (Å²) in [5.74, 6) is -0.124. The van der Waals surface area contributed by atoms with Crippen LogP contribution in [0.4, 0.5) is 0 Å². The van der Waals surface area contributed by atoms with Gasteiger partial charge in [-0.3, -0.25) is 9.78 Å². The number of unbranched alkanes of at least 4 members (excludes halogenated alkanes) is 11. The number of amides is 1. The van der Waals surface area contributed by atoms with Crippen LogP contribution in [0.3, 0.4) is 0 Å². The van der Waals surface area contributed by atoms with E-state index >= 15 is 0 Å². The van der Waals surface area contributed by atoms with Gasteiger partial charge in [0.15, 0.2) is 0 Å². The molecule has 0 saturated heterocycles. The lowest BCUT2D eigenvalue weighted by Gasteiger charge is -2.05. The number of carbonyl (C=O) groups excluding carboxylic acids is 1. The molecule has 1 aromatic heterocycles. The fourth-order valence-electron chi connectivity index (χ4n) is 2.67. The van der Waals surface area contributed by atoms with E-state index in [1.54, 1.807) is 12.4 Å². The third kappa shape index (κ3) is 10.8. The molecular weight excluding hydrogens is 286 g/mol. The molecule has 1 amide bonds. The second kappa shape index (κ2) is 14.2. The Hall–Kier alpha value is -1.45. The van der Waals surface area contributed by atoms with Crippen LogP contribution < -0.4 is 5.32 Å². The van der Waals surface area contributed by atoms with E-state index < -0.39 is 0 Å². The summed E-state index contributed by atoms with van der Waals surface area (Å²) in [7, 11) is 0. The summed E-state index contributed by atoms with van der Waals surface area (Å²) < 4.78 is 0. The fourth-order valence-corrected chi connectivity index (χ4v) is 2.67. The van der Waals surface area contributed by atoms with E-state index in [0.29, 0.717) is 5.69 Å². The first-order chi connectivity index (χ1) is 11.3. The van der Waals surface area contributed by atoms with Crippen molar-refractivity contribution in [3.8, 4) is 0 Å². The van der Waals surface area contributed by atoms with Crippen LogP contribution in [0, 0.1) is 0 Å². The van der Waals surface area contributed by atoms with E-state index in [4.69, 9.17) is 0 Å². The Labute approximate surface area is 141 Å². The van der Waals surface area contributed by atoms with Gasteiger partial charge in [0, 0.05) is 18.9 Å². The molecule has 0 aliphatic heterocycles. The zero-order chi connectivity index (χ0) is 16.6. The monoisotopic (exact) mass is 319 g/mol. The van der Waals surface area contributed by atoms with Gasteiger partial charge >= 0.3 is 0 Å². The lowest BCUT2D eigenvalue weighted by molar-refractivity contribution is 0.0947. The second-order valence-electron chi connectivity index (χ2n) is 6.24. The maximum atomic E-state index is 11.7. The van der Waals surface area contributed by atoms with Crippen LogP contribution in [0.2, 0.25) is 0 Å². The van der Waals surface area contributed by atoms with Crippen molar-refractivity contribution in [2.24, 2.45) is 0 Å². The predicted octanol–water partition coefficient (Wildman–Crippen LogP) is 4.91. The smallest absolute Gasteiger partial charge is 0.271 e. The number of nitrogens with zero attached hydrogens (tertiary/aromatic N) is 2. The highest BCUT2D eigenvalue weighted by Gasteiger charge is 2.04. The van der Waals surface area contributed by atoms with Crippen molar-refractivity contribution in [2.75, 3.05) is 6.54 Å². The number of nitrogens with one attached hydrogen (secondary N) is 1. The first-order valence-corrected chi connectivity index (χ1v) is 9.38. The van der Waals surface area contributed by atoms with Gasteiger partial charge in [-0.05, 0) is 6.42 Å². The van der Waals surface area contributed by atoms with Crippen LogP contribution in [0.1, 0.15) is 94.5 Å². The number of aromatic nitrogens is 2. The van der Waals surface area contributed by atoms with Crippen LogP contribution in [0.25, 0.3) is 0 Å². The van der Waals surface area contributed by atoms with E-state index in [1.165, 1.54) is 76.8 Å². The Balaban J connectivity index is 1.82. The first kappa shape index (κ1) is 19.6. The maximum Gasteiger partial charge on any atom is 0.271 e. The van der Waals surface area contributed by atoms with E-state index in [-0.39, 0.29) is 5.91 Å². The Kier molecular flexibility index (Phi) is 12.1. The topological polar surface area (TPSA) is 54.9 Å². The molecule has 0 saturated carbocycles. The molecule has 0 radical (unpaired) electrons. The molecule has 130 valence electrons. The first-order valence-electron chi connectivity index (χ1n) is 9.38. The molecule has 0 aliphatic carbocycles. The average Bonchev–Trinajstić information content (AvgIpc) is 2.59. The minimum atomic E-state index is -0.124. The highest BCUT2D eigenvalue weighted by Crippen LogP contribution is 2.11. The molecule has 1 heterocycles. The molecule has 0 spiro atoms. The summed E-state index contributed by atoms with van der Waals surface area (Å²) in [4.78, 5) is 19.6. The standard InChI is InChI=1S/C19H33N3O/c1-2-3-4-5-6-7-8-9-10-11-12-13-14-22-19(23)18-17-20-15-16-21-18/h15-17H,2-14H2,1H3,(H,22,23). The minimum Gasteiger partial charge on any atom is -0.351 e. The minimum absolute atomic E-state index is 0.124. The summed E-state index contributed by atoms with van der Waals surface area (Å²) in [6.45, 7) is 2.99. The summed E-state index contributed by atoms with van der Waals surface area (Å²) in [6.07, 6.45) is 20.6. The lowest BCUT2D eigenvalue weighted by atomic mass is 10.1. The third-order valence-electron chi connectivity index (χ3n) is 4.11. The van der Waals surface area contributed by atoms with E-state index in [9.17, 15) is 4.79 Å². The lowest BCUT2D eigenvalue weighted by Crippen LogP contribution is -2.25. The molecular formula is C19H33N3O. The Morgan fingerprint density at radius 2 is 1.43 bits per heavy atom. The van der Waals surface area contributed by atoms with Crippen molar-refractivity contribution >= 4 is 5.91 Å². The van der Waals surface area contributed by atoms with Crippen LogP contribution in [-0.2, 0) is 0 Å². The van der Waals surface area contributed by atoms with Gasteiger partial charge in [0.1, 0.15) is 5.69 Å². The third-order valence-corrected chi connectivity index (χ3v) is 4.11. The molecule has 0 aromatic carbocycles. The molecule has 0 fully saturated rings. The summed E-state index contributed by atoms with van der Waals surface area (Å²) in [6, 6.07) is 0. The Morgan fingerprint density at radius 3 is 1.96 bits per heavy atom. The Morgan fingerprint density at radius 1 is 0.870 bits per heavy atom. The van der Waals surface area contributed by atoms with Gasteiger partial charge in [0.2, 0.25) is 0 Å². The molecule has 0 bridgehead atoms. The van der Waals surface area contributed by atoms with Crippen molar-refractivity contribution in [1.29, 1.82) is 0 Å². The van der Waals surface area contributed by atoms with Crippen molar-refractivity contribution in [3.05, 3.63) is 24.3 Å². The molecule has 1 aromatic rings. The molecule has 1 N–H and O–H groups in total. The van der Waals surface area contributed by atoms with Gasteiger partial charge < -0.3 is 5.32 Å². The highest BCUT2D eigenvalue weighted by atomic mass is 16.1. The van der Waals surface area contributed by atoms with Crippen LogP contribution in [0.5, 0.6) is 0 Å². The molecule has 0 unspecified atom stereocenters. The average molecular weight is 319 g/mol. The number of hydrogen-bond acceptors (Lipinski definition) is 3. The van der Waals surface area contributed by atoms with Gasteiger partial charge in [-0.15, -0.1) is 0 Å². The van der Waals surface area contributed by atoms with Crippen molar-refractivity contribution < 1.29 is 4.79 Å². The van der Waals surface area contributed by atoms with Gasteiger partial charge in [-0.25, -0.2) is 4.98 Å². The zero-order valence-corrected chi connectivity index (χ0v) is 14.7. The Bertz CT molecular complexity index is 395. The SMILES string of the molecule is CCCCCCCCCCCCCCNC(=O)c1cnccn1. The molecule has 0 aliphatic rings. The quantitative estimate of drug-likeness (QED) is 0.496. The van der Waals surface area contributed by atoms with Gasteiger partial charge in [-0.2, -0.15) is 0 Å². The van der Waals surface area contributed by atoms with Gasteiger partial charge in [0.25, 0.3) is 5.91 Å². The summed E-state index contributed by atoms with van der Waals surface area (Å²) in [5, 5.41) is 2.89. The van der Waals surface area contributed by atoms with Crippen molar-refractivity contribution in [1.82, 2.24) is 15.3 Å². The molecule has 4 nitrogen and oxygen atoms in total. The summed E-state index contributed by atoms with van der Waals surface area (Å²) in [5.41, 5.74) is 0.395. The second-order valence-corrected chi connectivity index (χ2v) is 6.24. The normalized spacial score (nSPS) is 10.7.